The average Bonchev–Trinajstić information content (AvgIpc) is 2.78. The Bertz CT molecular complexity index is 1200. The molecule has 156 valence electrons. The maximum atomic E-state index is 13.8. The minimum atomic E-state index is -3.81. The van der Waals surface area contributed by atoms with Crippen molar-refractivity contribution in [3.8, 4) is 5.75 Å². The van der Waals surface area contributed by atoms with Gasteiger partial charge < -0.3 is 15.0 Å². The van der Waals surface area contributed by atoms with E-state index in [4.69, 9.17) is 4.74 Å². The molecule has 2 aromatic carbocycles. The highest BCUT2D eigenvalue weighted by molar-refractivity contribution is 7.93. The van der Waals surface area contributed by atoms with Crippen LogP contribution < -0.4 is 19.3 Å². The van der Waals surface area contributed by atoms with Crippen molar-refractivity contribution in [2.45, 2.75) is 11.8 Å². The molecule has 1 N–H and O–H groups in total. The third-order valence-electron chi connectivity index (χ3n) is 5.62. The zero-order valence-electron chi connectivity index (χ0n) is 16.8. The van der Waals surface area contributed by atoms with Gasteiger partial charge in [-0.15, -0.1) is 0 Å². The molecule has 5 rings (SSSR count). The van der Waals surface area contributed by atoms with Crippen LogP contribution in [-0.2, 0) is 10.0 Å². The van der Waals surface area contributed by atoms with Gasteiger partial charge in [0.05, 0.1) is 23.4 Å². The predicted molar refractivity (Wildman–Crippen MR) is 118 cm³/mol. The number of hydrogen-bond donors (Lipinski definition) is 1. The van der Waals surface area contributed by atoms with E-state index in [-0.39, 0.29) is 11.4 Å². The fourth-order valence-corrected chi connectivity index (χ4v) is 5.83. The number of para-hydroxylation sites is 1. The number of ether oxygens (including phenoxy) is 1. The van der Waals surface area contributed by atoms with Gasteiger partial charge in [0.1, 0.15) is 11.5 Å². The molecule has 3 aromatic rings. The second-order valence-corrected chi connectivity index (χ2v) is 9.46. The first-order valence-electron chi connectivity index (χ1n) is 10.2. The molecule has 1 fully saturated rings. The van der Waals surface area contributed by atoms with Crippen LogP contribution >= 0.6 is 0 Å². The number of fused-ring (bicyclic) bond motifs is 2. The van der Waals surface area contributed by atoms with Gasteiger partial charge in [-0.1, -0.05) is 18.2 Å². The van der Waals surface area contributed by atoms with Crippen molar-refractivity contribution in [1.29, 1.82) is 0 Å². The van der Waals surface area contributed by atoms with Crippen molar-refractivity contribution in [2.24, 2.45) is 0 Å². The first-order chi connectivity index (χ1) is 14.6. The van der Waals surface area contributed by atoms with Crippen LogP contribution in [0.25, 0.3) is 10.9 Å². The van der Waals surface area contributed by atoms with Gasteiger partial charge in [0.25, 0.3) is 10.0 Å². The maximum Gasteiger partial charge on any atom is 0.266 e. The normalized spacial score (nSPS) is 17.0. The molecular formula is C22H24N4O3S. The van der Waals surface area contributed by atoms with Crippen molar-refractivity contribution >= 4 is 32.3 Å². The highest BCUT2D eigenvalue weighted by Gasteiger charge is 2.34. The molecule has 0 aliphatic carbocycles. The van der Waals surface area contributed by atoms with Gasteiger partial charge in [-0.05, 0) is 36.8 Å². The Hall–Kier alpha value is -2.84. The van der Waals surface area contributed by atoms with Crippen LogP contribution in [0.3, 0.4) is 0 Å². The van der Waals surface area contributed by atoms with E-state index in [0.29, 0.717) is 23.6 Å². The number of aryl methyl sites for hydroxylation is 1. The topological polar surface area (TPSA) is 74.8 Å². The van der Waals surface area contributed by atoms with Gasteiger partial charge in [-0.2, -0.15) is 0 Å². The second-order valence-electron chi connectivity index (χ2n) is 7.63. The van der Waals surface area contributed by atoms with E-state index in [9.17, 15) is 8.42 Å². The SMILES string of the molecule is Cc1cc(N2CCNCC2)c2c(c1)N(S(=O)(=O)c1cccc3cccnc13)CCO2. The lowest BCUT2D eigenvalue weighted by molar-refractivity contribution is 0.315. The molecule has 0 radical (unpaired) electrons. The summed E-state index contributed by atoms with van der Waals surface area (Å²) in [5, 5.41) is 4.16. The van der Waals surface area contributed by atoms with E-state index in [2.05, 4.69) is 21.3 Å². The van der Waals surface area contributed by atoms with Crippen LogP contribution in [0.2, 0.25) is 0 Å². The number of rotatable bonds is 3. The highest BCUT2D eigenvalue weighted by Crippen LogP contribution is 2.44. The van der Waals surface area contributed by atoms with Gasteiger partial charge in [-0.25, -0.2) is 8.42 Å². The minimum absolute atomic E-state index is 0.221. The van der Waals surface area contributed by atoms with Crippen molar-refractivity contribution < 1.29 is 13.2 Å². The van der Waals surface area contributed by atoms with Gasteiger partial charge in [-0.3, -0.25) is 9.29 Å². The summed E-state index contributed by atoms with van der Waals surface area (Å²) in [5.41, 5.74) is 3.05. The standard InChI is InChI=1S/C22H24N4O3S/c1-16-14-18(25-10-8-23-9-11-25)22-19(15-16)26(12-13-29-22)30(27,28)20-6-2-4-17-5-3-7-24-21(17)20/h2-7,14-15,23H,8-13H2,1H3. The van der Waals surface area contributed by atoms with Crippen LogP contribution in [0.1, 0.15) is 5.56 Å². The van der Waals surface area contributed by atoms with Gasteiger partial charge in [0.15, 0.2) is 5.75 Å². The van der Waals surface area contributed by atoms with Gasteiger partial charge in [0, 0.05) is 37.8 Å². The molecule has 1 saturated heterocycles. The number of nitrogens with zero attached hydrogens (tertiary/aromatic N) is 3. The first-order valence-corrected chi connectivity index (χ1v) is 11.6. The van der Waals surface area contributed by atoms with Gasteiger partial charge >= 0.3 is 0 Å². The Morgan fingerprint density at radius 3 is 2.63 bits per heavy atom. The van der Waals surface area contributed by atoms with Gasteiger partial charge in [0.2, 0.25) is 0 Å². The van der Waals surface area contributed by atoms with Crippen LogP contribution in [0.5, 0.6) is 5.75 Å². The van der Waals surface area contributed by atoms with Crippen LogP contribution in [0.15, 0.2) is 53.6 Å². The van der Waals surface area contributed by atoms with E-state index in [1.807, 2.05) is 31.2 Å². The molecule has 1 aromatic heterocycles. The van der Waals surface area contributed by atoms with Crippen LogP contribution in [-0.4, -0.2) is 52.7 Å². The number of sulfonamides is 1. The molecular weight excluding hydrogens is 400 g/mol. The molecule has 8 heteroatoms. The van der Waals surface area contributed by atoms with Crippen LogP contribution in [0.4, 0.5) is 11.4 Å². The molecule has 0 atom stereocenters. The maximum absolute atomic E-state index is 13.8. The fourth-order valence-electron chi connectivity index (χ4n) is 4.21. The number of benzene rings is 2. The molecule has 0 spiro atoms. The van der Waals surface area contributed by atoms with E-state index in [0.717, 1.165) is 42.8 Å². The minimum Gasteiger partial charge on any atom is -0.487 e. The van der Waals surface area contributed by atoms with E-state index in [1.54, 1.807) is 18.3 Å². The number of hydrogen-bond acceptors (Lipinski definition) is 6. The van der Waals surface area contributed by atoms with E-state index in [1.165, 1.54) is 4.31 Å². The quantitative estimate of drug-likeness (QED) is 0.697. The summed E-state index contributed by atoms with van der Waals surface area (Å²) < 4.78 is 35.0. The summed E-state index contributed by atoms with van der Waals surface area (Å²) in [4.78, 5) is 6.84. The zero-order chi connectivity index (χ0) is 20.7. The largest absolute Gasteiger partial charge is 0.487 e. The number of nitrogens with one attached hydrogen (secondary N) is 1. The monoisotopic (exact) mass is 424 g/mol. The molecule has 2 aliphatic rings. The molecule has 3 heterocycles. The summed E-state index contributed by atoms with van der Waals surface area (Å²) in [5.74, 6) is 0.644. The molecule has 7 nitrogen and oxygen atoms in total. The Kier molecular flexibility index (Phi) is 4.75. The van der Waals surface area contributed by atoms with Crippen molar-refractivity contribution in [2.75, 3.05) is 48.5 Å². The summed E-state index contributed by atoms with van der Waals surface area (Å²) in [6.07, 6.45) is 1.63. The van der Waals surface area contributed by atoms with Crippen molar-refractivity contribution in [3.63, 3.8) is 0 Å². The molecule has 0 amide bonds. The van der Waals surface area contributed by atoms with Crippen molar-refractivity contribution in [3.05, 3.63) is 54.2 Å². The molecule has 0 bridgehead atoms. The third-order valence-corrected chi connectivity index (χ3v) is 7.47. The molecule has 2 aliphatic heterocycles. The summed E-state index contributed by atoms with van der Waals surface area (Å²) in [7, 11) is -3.81. The average molecular weight is 425 g/mol. The highest BCUT2D eigenvalue weighted by atomic mass is 32.2. The van der Waals surface area contributed by atoms with E-state index < -0.39 is 10.0 Å². The van der Waals surface area contributed by atoms with Crippen molar-refractivity contribution in [1.82, 2.24) is 10.3 Å². The molecule has 0 unspecified atom stereocenters. The third kappa shape index (κ3) is 3.16. The predicted octanol–water partition coefficient (Wildman–Crippen LogP) is 2.54. The smallest absolute Gasteiger partial charge is 0.266 e. The molecule has 30 heavy (non-hydrogen) atoms. The number of pyridine rings is 1. The number of piperazine rings is 1. The molecule has 0 saturated carbocycles. The Morgan fingerprint density at radius 2 is 1.80 bits per heavy atom. The summed E-state index contributed by atoms with van der Waals surface area (Å²) in [6, 6.07) is 12.9. The Labute approximate surface area is 176 Å². The Balaban J connectivity index is 1.65. The summed E-state index contributed by atoms with van der Waals surface area (Å²) in [6.45, 7) is 6.08. The Morgan fingerprint density at radius 1 is 1.03 bits per heavy atom. The lowest BCUT2D eigenvalue weighted by atomic mass is 10.1. The first kappa shape index (κ1) is 19.1. The lowest BCUT2D eigenvalue weighted by Gasteiger charge is -2.36. The lowest BCUT2D eigenvalue weighted by Crippen LogP contribution is -2.44. The zero-order valence-corrected chi connectivity index (χ0v) is 17.7. The fraction of sp³-hybridized carbons (Fsp3) is 0.318. The van der Waals surface area contributed by atoms with E-state index >= 15 is 0 Å². The number of aromatic nitrogens is 1. The summed E-state index contributed by atoms with van der Waals surface area (Å²) >= 11 is 0. The van der Waals surface area contributed by atoms with Crippen LogP contribution in [0, 0.1) is 6.92 Å². The number of anilines is 2. The second kappa shape index (κ2) is 7.45.